The molecule has 3 aromatic carbocycles. The third-order valence-electron chi connectivity index (χ3n) is 4.69. The van der Waals surface area contributed by atoms with Gasteiger partial charge in [-0.15, -0.1) is 0 Å². The van der Waals surface area contributed by atoms with Crippen LogP contribution in [-0.2, 0) is 22.5 Å². The molecule has 2 atom stereocenters. The third-order valence-corrected chi connectivity index (χ3v) is 6.58. The molecule has 3 N–H and O–H groups in total. The first-order valence-electron chi connectivity index (χ1n) is 9.15. The molecule has 0 fully saturated rings. The molecule has 10 heteroatoms. The lowest BCUT2D eigenvalue weighted by atomic mass is 10.0. The fourth-order valence-corrected chi connectivity index (χ4v) is 4.88. The van der Waals surface area contributed by atoms with Crippen molar-refractivity contribution in [2.75, 3.05) is 4.31 Å². The zero-order valence-electron chi connectivity index (χ0n) is 15.9. The van der Waals surface area contributed by atoms with Crippen LogP contribution in [0.1, 0.15) is 5.56 Å². The summed E-state index contributed by atoms with van der Waals surface area (Å²) in [5.41, 5.74) is 2.39. The summed E-state index contributed by atoms with van der Waals surface area (Å²) < 4.78 is 31.1. The number of para-hydroxylation sites is 1. The topological polar surface area (TPSA) is 122 Å². The second-order valence-corrected chi connectivity index (χ2v) is 8.60. The summed E-state index contributed by atoms with van der Waals surface area (Å²) in [5.74, 6) is 0.444. The molecule has 0 radical (unpaired) electrons. The highest BCUT2D eigenvalue weighted by molar-refractivity contribution is 7.99. The number of ether oxygens (including phenoxy) is 1. The molecule has 3 aromatic rings. The molecule has 0 saturated carbocycles. The van der Waals surface area contributed by atoms with Crippen molar-refractivity contribution in [3.63, 3.8) is 0 Å². The van der Waals surface area contributed by atoms with Gasteiger partial charge in [-0.2, -0.15) is 0 Å². The molecule has 0 bridgehead atoms. The van der Waals surface area contributed by atoms with Crippen LogP contribution in [0.3, 0.4) is 0 Å². The second kappa shape index (κ2) is 8.98. The van der Waals surface area contributed by atoms with Crippen molar-refractivity contribution in [3.05, 3.63) is 72.3 Å². The SMILES string of the molecule is O=C(NO)C(Cc1ccc(O)cc1)N(c1ccc2c(c1)Sc1ccccc1O2)S(=O)[O-]. The van der Waals surface area contributed by atoms with Gasteiger partial charge in [0.25, 0.3) is 5.91 Å². The number of aromatic hydroxyl groups is 1. The van der Waals surface area contributed by atoms with Crippen LogP contribution in [0.25, 0.3) is 0 Å². The van der Waals surface area contributed by atoms with Gasteiger partial charge in [-0.05, 0) is 48.0 Å². The Bertz CT molecular complexity index is 1140. The number of amides is 1. The molecule has 31 heavy (non-hydrogen) atoms. The number of phenolic OH excluding ortho intramolecular Hbond substituents is 1. The van der Waals surface area contributed by atoms with Crippen LogP contribution in [-0.4, -0.2) is 31.0 Å². The Balaban J connectivity index is 1.69. The molecule has 0 aromatic heterocycles. The standard InChI is InChI=1S/C21H18N2O6S2/c24-15-8-5-13(6-9-15)11-16(21(25)22-26)23(31(27)28)14-7-10-18-20(12-14)30-19-4-2-1-3-17(19)29-18/h1-10,12,16,24,26H,11H2,(H,22,25)(H,27,28)/p-1. The van der Waals surface area contributed by atoms with Crippen LogP contribution in [0.2, 0.25) is 0 Å². The summed E-state index contributed by atoms with van der Waals surface area (Å²) in [6.45, 7) is 0. The van der Waals surface area contributed by atoms with E-state index in [-0.39, 0.29) is 17.9 Å². The van der Waals surface area contributed by atoms with Crippen LogP contribution in [0.4, 0.5) is 5.69 Å². The van der Waals surface area contributed by atoms with E-state index in [0.29, 0.717) is 22.0 Å². The van der Waals surface area contributed by atoms with Crippen molar-refractivity contribution in [2.24, 2.45) is 0 Å². The zero-order valence-corrected chi connectivity index (χ0v) is 17.6. The molecule has 160 valence electrons. The first kappa shape index (κ1) is 21.2. The number of rotatable bonds is 6. The van der Waals surface area contributed by atoms with Gasteiger partial charge in [-0.3, -0.25) is 18.5 Å². The van der Waals surface area contributed by atoms with Crippen molar-refractivity contribution in [1.82, 2.24) is 5.48 Å². The summed E-state index contributed by atoms with van der Waals surface area (Å²) in [5, 5.41) is 18.7. The summed E-state index contributed by atoms with van der Waals surface area (Å²) in [6, 6.07) is 17.1. The molecular formula is C21H17N2O6S2-. The van der Waals surface area contributed by atoms with Crippen molar-refractivity contribution < 1.29 is 28.6 Å². The van der Waals surface area contributed by atoms with E-state index in [1.54, 1.807) is 29.7 Å². The van der Waals surface area contributed by atoms with Gasteiger partial charge in [-0.25, -0.2) is 5.48 Å². The molecule has 1 aliphatic rings. The van der Waals surface area contributed by atoms with Crippen molar-refractivity contribution >= 4 is 34.6 Å². The highest BCUT2D eigenvalue weighted by Gasteiger charge is 2.29. The number of carbonyl (C=O) groups excluding carboxylic acids is 1. The number of carbonyl (C=O) groups is 1. The molecule has 1 amide bonds. The number of benzene rings is 3. The minimum atomic E-state index is -2.82. The van der Waals surface area contributed by atoms with Crippen molar-refractivity contribution in [3.8, 4) is 17.2 Å². The van der Waals surface area contributed by atoms with Crippen LogP contribution in [0.5, 0.6) is 17.2 Å². The molecule has 1 aliphatic heterocycles. The number of phenols is 1. The van der Waals surface area contributed by atoms with Gasteiger partial charge >= 0.3 is 0 Å². The van der Waals surface area contributed by atoms with Crippen molar-refractivity contribution in [2.45, 2.75) is 22.3 Å². The van der Waals surface area contributed by atoms with E-state index in [4.69, 9.17) is 4.74 Å². The third kappa shape index (κ3) is 4.52. The highest BCUT2D eigenvalue weighted by atomic mass is 32.2. The summed E-state index contributed by atoms with van der Waals surface area (Å²) in [7, 11) is 0. The van der Waals surface area contributed by atoms with Gasteiger partial charge in [0.1, 0.15) is 23.3 Å². The summed E-state index contributed by atoms with van der Waals surface area (Å²) in [6.07, 6.45) is -0.0236. The quantitative estimate of drug-likeness (QED) is 0.230. The maximum atomic E-state index is 12.4. The van der Waals surface area contributed by atoms with Gasteiger partial charge < -0.3 is 14.4 Å². The largest absolute Gasteiger partial charge is 0.755 e. The van der Waals surface area contributed by atoms with Gasteiger partial charge in [0, 0.05) is 17.7 Å². The van der Waals surface area contributed by atoms with Gasteiger partial charge in [-0.1, -0.05) is 36.0 Å². The van der Waals surface area contributed by atoms with Crippen LogP contribution < -0.4 is 14.5 Å². The number of hydroxylamine groups is 1. The lowest BCUT2D eigenvalue weighted by Crippen LogP contribution is -2.48. The summed E-state index contributed by atoms with van der Waals surface area (Å²) >= 11 is -1.39. The van der Waals surface area contributed by atoms with E-state index in [1.165, 1.54) is 30.0 Å². The van der Waals surface area contributed by atoms with E-state index in [1.807, 2.05) is 24.3 Å². The Morgan fingerprint density at radius 1 is 1.10 bits per heavy atom. The predicted molar refractivity (Wildman–Crippen MR) is 114 cm³/mol. The number of fused-ring (bicyclic) bond motifs is 2. The van der Waals surface area contributed by atoms with E-state index in [0.717, 1.165) is 9.20 Å². The predicted octanol–water partition coefficient (Wildman–Crippen LogP) is 3.37. The number of anilines is 1. The molecule has 2 unspecified atom stereocenters. The number of nitrogens with zero attached hydrogens (tertiary/aromatic N) is 1. The maximum absolute atomic E-state index is 12.4. The number of hydrogen-bond acceptors (Lipinski definition) is 7. The Kier molecular flexibility index (Phi) is 6.14. The fraction of sp³-hybridized carbons (Fsp3) is 0.0952. The van der Waals surface area contributed by atoms with E-state index >= 15 is 0 Å². The maximum Gasteiger partial charge on any atom is 0.267 e. The van der Waals surface area contributed by atoms with E-state index in [9.17, 15) is 23.9 Å². The first-order chi connectivity index (χ1) is 15.0. The normalized spacial score (nSPS) is 13.9. The minimum absolute atomic E-state index is 0.0236. The summed E-state index contributed by atoms with van der Waals surface area (Å²) in [4.78, 5) is 14.0. The van der Waals surface area contributed by atoms with Crippen LogP contribution in [0, 0.1) is 0 Å². The van der Waals surface area contributed by atoms with Crippen LogP contribution in [0.15, 0.2) is 76.5 Å². The molecule has 1 heterocycles. The second-order valence-electron chi connectivity index (χ2n) is 6.69. The highest BCUT2D eigenvalue weighted by Crippen LogP contribution is 2.48. The Morgan fingerprint density at radius 3 is 2.52 bits per heavy atom. The monoisotopic (exact) mass is 457 g/mol. The van der Waals surface area contributed by atoms with Gasteiger partial charge in [0.2, 0.25) is 0 Å². The average molecular weight is 458 g/mol. The van der Waals surface area contributed by atoms with Gasteiger partial charge in [0.15, 0.2) is 0 Å². The molecule has 0 spiro atoms. The first-order valence-corrected chi connectivity index (χ1v) is 11.0. The number of nitrogens with one attached hydrogen (secondary N) is 1. The average Bonchev–Trinajstić information content (AvgIpc) is 2.77. The zero-order chi connectivity index (χ0) is 22.0. The smallest absolute Gasteiger partial charge is 0.267 e. The molecule has 8 nitrogen and oxygen atoms in total. The lowest BCUT2D eigenvalue weighted by molar-refractivity contribution is -0.130. The lowest BCUT2D eigenvalue weighted by Gasteiger charge is -2.34. The fourth-order valence-electron chi connectivity index (χ4n) is 3.24. The molecular weight excluding hydrogens is 440 g/mol. The molecule has 4 rings (SSSR count). The van der Waals surface area contributed by atoms with E-state index < -0.39 is 23.2 Å². The Morgan fingerprint density at radius 2 is 1.81 bits per heavy atom. The Labute approximate surface area is 184 Å². The minimum Gasteiger partial charge on any atom is -0.755 e. The van der Waals surface area contributed by atoms with Crippen molar-refractivity contribution in [1.29, 1.82) is 0 Å². The number of hydrogen-bond donors (Lipinski definition) is 3. The van der Waals surface area contributed by atoms with Crippen LogP contribution >= 0.6 is 11.8 Å². The van der Waals surface area contributed by atoms with E-state index in [2.05, 4.69) is 0 Å². The molecule has 0 saturated heterocycles. The van der Waals surface area contributed by atoms with Gasteiger partial charge in [0.05, 0.1) is 15.5 Å². The Hall–Kier alpha value is -3.05. The molecule has 0 aliphatic carbocycles.